The number of aryl methyl sites for hydroxylation is 1. The van der Waals surface area contributed by atoms with Gasteiger partial charge in [-0.3, -0.25) is 4.90 Å². The molecule has 1 aromatic rings. The molecule has 3 heterocycles. The van der Waals surface area contributed by atoms with Crippen molar-refractivity contribution < 1.29 is 4.74 Å². The zero-order valence-corrected chi connectivity index (χ0v) is 13.1. The summed E-state index contributed by atoms with van der Waals surface area (Å²) in [5.74, 6) is 1.78. The lowest BCUT2D eigenvalue weighted by Gasteiger charge is -2.34. The molecule has 2 fully saturated rings. The van der Waals surface area contributed by atoms with Crippen molar-refractivity contribution in [1.82, 2.24) is 14.9 Å². The summed E-state index contributed by atoms with van der Waals surface area (Å²) in [4.78, 5) is 11.9. The van der Waals surface area contributed by atoms with E-state index in [1.165, 1.54) is 19.4 Å². The predicted octanol–water partition coefficient (Wildman–Crippen LogP) is 2.40. The smallest absolute Gasteiger partial charge is 0.161 e. The number of hydrogen-bond acceptors (Lipinski definition) is 5. The predicted molar refractivity (Wildman–Crippen MR) is 83.5 cm³/mol. The van der Waals surface area contributed by atoms with Gasteiger partial charge in [0.25, 0.3) is 0 Å². The Bertz CT molecular complexity index is 455. The minimum absolute atomic E-state index is 0.0218. The molecule has 0 amide bonds. The van der Waals surface area contributed by atoms with Gasteiger partial charge in [0.15, 0.2) is 5.82 Å². The fourth-order valence-electron chi connectivity index (χ4n) is 3.29. The Hall–Kier alpha value is -1.20. The summed E-state index contributed by atoms with van der Waals surface area (Å²) < 4.78 is 6.05. The van der Waals surface area contributed by atoms with E-state index in [4.69, 9.17) is 9.72 Å². The number of nitrogens with one attached hydrogen (secondary N) is 1. The number of nitrogens with zero attached hydrogens (tertiary/aromatic N) is 3. The normalized spacial score (nSPS) is 25.8. The molecule has 2 aliphatic heterocycles. The van der Waals surface area contributed by atoms with Crippen LogP contribution in [0, 0.1) is 0 Å². The average Bonchev–Trinajstić information content (AvgIpc) is 2.95. The molecule has 2 saturated heterocycles. The highest BCUT2D eigenvalue weighted by atomic mass is 16.5. The third kappa shape index (κ3) is 3.35. The van der Waals surface area contributed by atoms with Crippen molar-refractivity contribution in [3.63, 3.8) is 0 Å². The number of ether oxygens (including phenoxy) is 1. The van der Waals surface area contributed by atoms with E-state index in [2.05, 4.69) is 35.1 Å². The largest absolute Gasteiger partial charge is 0.370 e. The lowest BCUT2D eigenvalue weighted by molar-refractivity contribution is -0.0541. The van der Waals surface area contributed by atoms with Gasteiger partial charge in [-0.2, -0.15) is 0 Å². The van der Waals surface area contributed by atoms with Crippen molar-refractivity contribution in [3.05, 3.63) is 17.6 Å². The number of morpholine rings is 1. The summed E-state index contributed by atoms with van der Waals surface area (Å²) >= 11 is 0. The Morgan fingerprint density at radius 2 is 2.29 bits per heavy atom. The van der Waals surface area contributed by atoms with Crippen molar-refractivity contribution in [3.8, 4) is 0 Å². The van der Waals surface area contributed by atoms with Gasteiger partial charge in [-0.25, -0.2) is 9.97 Å². The summed E-state index contributed by atoms with van der Waals surface area (Å²) in [5, 5.41) is 3.31. The van der Waals surface area contributed by atoms with E-state index in [1.807, 2.05) is 0 Å². The highest BCUT2D eigenvalue weighted by molar-refractivity contribution is 5.36. The van der Waals surface area contributed by atoms with Gasteiger partial charge < -0.3 is 10.1 Å². The molecular formula is C16H26N4O. The second-order valence-electron chi connectivity index (χ2n) is 6.00. The third-order valence-corrected chi connectivity index (χ3v) is 4.34. The second-order valence-corrected chi connectivity index (χ2v) is 6.00. The highest BCUT2D eigenvalue weighted by Crippen LogP contribution is 2.29. The van der Waals surface area contributed by atoms with E-state index < -0.39 is 0 Å². The van der Waals surface area contributed by atoms with Crippen LogP contribution in [0.25, 0.3) is 0 Å². The van der Waals surface area contributed by atoms with Crippen LogP contribution in [-0.2, 0) is 11.2 Å². The molecule has 2 aliphatic rings. The molecule has 1 aromatic heterocycles. The van der Waals surface area contributed by atoms with Crippen LogP contribution in [0.2, 0.25) is 0 Å². The minimum atomic E-state index is 0.0218. The molecule has 0 radical (unpaired) electrons. The zero-order valence-electron chi connectivity index (χ0n) is 13.1. The second kappa shape index (κ2) is 6.71. The molecule has 5 nitrogen and oxygen atoms in total. The van der Waals surface area contributed by atoms with Crippen LogP contribution in [0.4, 0.5) is 5.82 Å². The van der Waals surface area contributed by atoms with Gasteiger partial charge in [-0.15, -0.1) is 0 Å². The van der Waals surface area contributed by atoms with Gasteiger partial charge in [0.1, 0.15) is 11.9 Å². The molecule has 21 heavy (non-hydrogen) atoms. The van der Waals surface area contributed by atoms with Crippen molar-refractivity contribution >= 4 is 5.82 Å². The van der Waals surface area contributed by atoms with Crippen LogP contribution in [0.3, 0.4) is 0 Å². The summed E-state index contributed by atoms with van der Waals surface area (Å²) in [6.07, 6.45) is 4.68. The van der Waals surface area contributed by atoms with E-state index in [0.717, 1.165) is 49.9 Å². The molecule has 0 spiro atoms. The molecule has 2 atom stereocenters. The first-order valence-corrected chi connectivity index (χ1v) is 8.27. The Morgan fingerprint density at radius 3 is 3.10 bits per heavy atom. The Labute approximate surface area is 127 Å². The maximum Gasteiger partial charge on any atom is 0.161 e. The van der Waals surface area contributed by atoms with Gasteiger partial charge in [-0.1, -0.05) is 13.3 Å². The summed E-state index contributed by atoms with van der Waals surface area (Å²) in [6, 6.07) is 2.69. The van der Waals surface area contributed by atoms with Crippen LogP contribution in [-0.4, -0.2) is 47.2 Å². The Kier molecular flexibility index (Phi) is 4.70. The van der Waals surface area contributed by atoms with Crippen LogP contribution in [0.15, 0.2) is 6.07 Å². The maximum atomic E-state index is 6.05. The fraction of sp³-hybridized carbons (Fsp3) is 0.750. The van der Waals surface area contributed by atoms with Gasteiger partial charge in [-0.05, 0) is 32.7 Å². The molecule has 5 heteroatoms. The van der Waals surface area contributed by atoms with E-state index >= 15 is 0 Å². The third-order valence-electron chi connectivity index (χ3n) is 4.34. The van der Waals surface area contributed by atoms with Gasteiger partial charge in [0.2, 0.25) is 0 Å². The number of anilines is 1. The molecule has 116 valence electrons. The SMILES string of the molecule is CCCc1cc(NCC)nc(C2CN3CCCC3CO2)n1. The topological polar surface area (TPSA) is 50.3 Å². The number of hydrogen-bond donors (Lipinski definition) is 1. The summed E-state index contributed by atoms with van der Waals surface area (Å²) in [6.45, 7) is 8.10. The number of aromatic nitrogens is 2. The van der Waals surface area contributed by atoms with Crippen molar-refractivity contribution in [2.75, 3.05) is 31.6 Å². The quantitative estimate of drug-likeness (QED) is 0.902. The minimum Gasteiger partial charge on any atom is -0.370 e. The zero-order chi connectivity index (χ0) is 14.7. The van der Waals surface area contributed by atoms with Crippen molar-refractivity contribution in [1.29, 1.82) is 0 Å². The van der Waals surface area contributed by atoms with Crippen LogP contribution in [0.5, 0.6) is 0 Å². The van der Waals surface area contributed by atoms with Crippen molar-refractivity contribution in [2.45, 2.75) is 51.7 Å². The first-order chi connectivity index (χ1) is 10.3. The van der Waals surface area contributed by atoms with E-state index in [-0.39, 0.29) is 6.10 Å². The van der Waals surface area contributed by atoms with Gasteiger partial charge in [0, 0.05) is 30.9 Å². The molecule has 0 aliphatic carbocycles. The Morgan fingerprint density at radius 1 is 1.38 bits per heavy atom. The average molecular weight is 290 g/mol. The molecule has 0 saturated carbocycles. The van der Waals surface area contributed by atoms with E-state index in [0.29, 0.717) is 6.04 Å². The number of rotatable bonds is 5. The van der Waals surface area contributed by atoms with Crippen LogP contribution in [0.1, 0.15) is 50.7 Å². The van der Waals surface area contributed by atoms with Crippen LogP contribution >= 0.6 is 0 Å². The maximum absolute atomic E-state index is 6.05. The number of fused-ring (bicyclic) bond motifs is 1. The van der Waals surface area contributed by atoms with Crippen molar-refractivity contribution in [2.24, 2.45) is 0 Å². The molecular weight excluding hydrogens is 264 g/mol. The van der Waals surface area contributed by atoms with Gasteiger partial charge in [0.05, 0.1) is 6.61 Å². The standard InChI is InChI=1S/C16H26N4O/c1-3-6-12-9-15(17-4-2)19-16(18-12)14-10-20-8-5-7-13(20)11-21-14/h9,13-14H,3-8,10-11H2,1-2H3,(H,17,18,19). The lowest BCUT2D eigenvalue weighted by Crippen LogP contribution is -2.43. The lowest BCUT2D eigenvalue weighted by atomic mass is 10.1. The Balaban J connectivity index is 1.79. The first kappa shape index (κ1) is 14.7. The van der Waals surface area contributed by atoms with E-state index in [1.54, 1.807) is 0 Å². The monoisotopic (exact) mass is 290 g/mol. The summed E-state index contributed by atoms with van der Waals surface area (Å²) in [7, 11) is 0. The molecule has 0 bridgehead atoms. The molecule has 1 N–H and O–H groups in total. The van der Waals surface area contributed by atoms with E-state index in [9.17, 15) is 0 Å². The van der Waals surface area contributed by atoms with Gasteiger partial charge >= 0.3 is 0 Å². The molecule has 2 unspecified atom stereocenters. The molecule has 3 rings (SSSR count). The van der Waals surface area contributed by atoms with Crippen LogP contribution < -0.4 is 5.32 Å². The molecule has 0 aromatic carbocycles. The first-order valence-electron chi connectivity index (χ1n) is 8.27. The highest BCUT2D eigenvalue weighted by Gasteiger charge is 2.34. The fourth-order valence-corrected chi connectivity index (χ4v) is 3.29. The summed E-state index contributed by atoms with van der Waals surface area (Å²) in [5.41, 5.74) is 1.12.